The molecule has 1 aliphatic rings. The largest absolute Gasteiger partial charge is 0.492 e. The van der Waals surface area contributed by atoms with Crippen LogP contribution in [0, 0.1) is 5.82 Å². The number of aliphatic hydroxyl groups is 1. The monoisotopic (exact) mass is 407 g/mol. The Bertz CT molecular complexity index is 954. The molecule has 29 heavy (non-hydrogen) atoms. The van der Waals surface area contributed by atoms with Gasteiger partial charge in [-0.3, -0.25) is 4.79 Å². The van der Waals surface area contributed by atoms with Gasteiger partial charge in [0.25, 0.3) is 0 Å². The second kappa shape index (κ2) is 8.16. The Morgan fingerprint density at radius 2 is 2.14 bits per heavy atom. The first-order chi connectivity index (χ1) is 13.7. The molecule has 2 aromatic rings. The fourth-order valence-electron chi connectivity index (χ4n) is 3.30. The first kappa shape index (κ1) is 20.7. The lowest BCUT2D eigenvalue weighted by atomic mass is 9.92. The summed E-state index contributed by atoms with van der Waals surface area (Å²) in [5, 5.41) is 12.5. The highest BCUT2D eigenvalue weighted by molar-refractivity contribution is 5.87. The molecule has 0 spiro atoms. The van der Waals surface area contributed by atoms with Crippen molar-refractivity contribution in [1.29, 1.82) is 0 Å². The van der Waals surface area contributed by atoms with Gasteiger partial charge >= 0.3 is 6.11 Å². The first-order valence-corrected chi connectivity index (χ1v) is 8.91. The Balaban J connectivity index is 2.06. The molecule has 0 saturated carbocycles. The summed E-state index contributed by atoms with van der Waals surface area (Å²) >= 11 is 0. The van der Waals surface area contributed by atoms with Crippen LogP contribution in [0.3, 0.4) is 0 Å². The molecule has 1 aliphatic heterocycles. The molecule has 5 nitrogen and oxygen atoms in total. The maximum Gasteiger partial charge on any atom is 0.394 e. The summed E-state index contributed by atoms with van der Waals surface area (Å²) in [6, 6.07) is 5.08. The Kier molecular flexibility index (Phi) is 5.83. The van der Waals surface area contributed by atoms with E-state index in [2.05, 4.69) is 16.6 Å². The average Bonchev–Trinajstić information content (AvgIpc) is 3.13. The second-order valence-electron chi connectivity index (χ2n) is 6.60. The number of amides is 1. The fraction of sp³-hybridized carbons (Fsp3) is 0.286. The van der Waals surface area contributed by atoms with Crippen molar-refractivity contribution in [2.24, 2.45) is 0 Å². The molecule has 2 aromatic carbocycles. The molecule has 0 radical (unpaired) electrons. The third-order valence-electron chi connectivity index (χ3n) is 4.51. The number of alkyl halides is 2. The highest BCUT2D eigenvalue weighted by Gasteiger charge is 2.27. The number of rotatable bonds is 7. The number of fused-ring (bicyclic) bond motifs is 1. The van der Waals surface area contributed by atoms with E-state index in [9.17, 15) is 23.1 Å². The maximum absolute atomic E-state index is 14.7. The fourth-order valence-corrected chi connectivity index (χ4v) is 3.30. The van der Waals surface area contributed by atoms with E-state index in [0.717, 1.165) is 17.7 Å². The third-order valence-corrected chi connectivity index (χ3v) is 4.51. The smallest absolute Gasteiger partial charge is 0.394 e. The number of benzene rings is 2. The van der Waals surface area contributed by atoms with Crippen molar-refractivity contribution < 1.29 is 32.5 Å². The summed E-state index contributed by atoms with van der Waals surface area (Å²) in [6.45, 7) is 4.15. The van der Waals surface area contributed by atoms with E-state index in [4.69, 9.17) is 4.74 Å². The van der Waals surface area contributed by atoms with E-state index in [0.29, 0.717) is 42.4 Å². The van der Waals surface area contributed by atoms with Gasteiger partial charge in [-0.25, -0.2) is 4.39 Å². The minimum absolute atomic E-state index is 0.103. The molecule has 0 aliphatic carbocycles. The Labute approximate surface area is 165 Å². The number of halogens is 3. The lowest BCUT2D eigenvalue weighted by Gasteiger charge is -2.18. The molecule has 2 N–H and O–H groups in total. The van der Waals surface area contributed by atoms with Crippen molar-refractivity contribution in [3.8, 4) is 22.6 Å². The molecule has 0 unspecified atom stereocenters. The van der Waals surface area contributed by atoms with Crippen molar-refractivity contribution in [3.05, 3.63) is 59.4 Å². The summed E-state index contributed by atoms with van der Waals surface area (Å²) in [7, 11) is 0. The average molecular weight is 407 g/mol. The number of hydrogen-bond acceptors (Lipinski definition) is 4. The summed E-state index contributed by atoms with van der Waals surface area (Å²) in [5.74, 6) is -1.02. The zero-order valence-corrected chi connectivity index (χ0v) is 15.7. The van der Waals surface area contributed by atoms with Crippen molar-refractivity contribution in [2.75, 3.05) is 6.61 Å². The molecular formula is C21H20F3NO4. The van der Waals surface area contributed by atoms with E-state index in [1.807, 2.05) is 0 Å². The number of nitrogens with one attached hydrogen (secondary N) is 1. The summed E-state index contributed by atoms with van der Waals surface area (Å²) in [4.78, 5) is 11.5. The minimum Gasteiger partial charge on any atom is -0.492 e. The van der Waals surface area contributed by atoms with Gasteiger partial charge in [0.1, 0.15) is 17.3 Å². The van der Waals surface area contributed by atoms with Crippen molar-refractivity contribution in [3.63, 3.8) is 0 Å². The SMILES string of the molecule is C=CC(=O)NCc1cc(-c2ccc(OC(C)(F)F)cc2F)c2c(c1CO)CCO2. The van der Waals surface area contributed by atoms with Crippen molar-refractivity contribution >= 4 is 5.91 Å². The van der Waals surface area contributed by atoms with Gasteiger partial charge < -0.3 is 19.9 Å². The molecule has 0 aromatic heterocycles. The molecule has 0 bridgehead atoms. The number of carbonyl (C=O) groups is 1. The van der Waals surface area contributed by atoms with Crippen LogP contribution in [0.1, 0.15) is 23.6 Å². The lowest BCUT2D eigenvalue weighted by molar-refractivity contribution is -0.159. The van der Waals surface area contributed by atoms with Crippen molar-refractivity contribution in [1.82, 2.24) is 5.32 Å². The van der Waals surface area contributed by atoms with Crippen LogP contribution in [0.5, 0.6) is 11.5 Å². The predicted molar refractivity (Wildman–Crippen MR) is 100 cm³/mol. The summed E-state index contributed by atoms with van der Waals surface area (Å²) in [5.41, 5.74) is 2.48. The zero-order valence-electron chi connectivity index (χ0n) is 15.7. The van der Waals surface area contributed by atoms with Crippen LogP contribution in [0.2, 0.25) is 0 Å². The van der Waals surface area contributed by atoms with Crippen LogP contribution in [0.25, 0.3) is 11.1 Å². The van der Waals surface area contributed by atoms with Gasteiger partial charge in [0, 0.05) is 42.6 Å². The van der Waals surface area contributed by atoms with Crippen LogP contribution in [-0.2, 0) is 24.4 Å². The van der Waals surface area contributed by atoms with E-state index in [-0.39, 0.29) is 30.4 Å². The topological polar surface area (TPSA) is 67.8 Å². The second-order valence-corrected chi connectivity index (χ2v) is 6.60. The number of ether oxygens (including phenoxy) is 2. The highest BCUT2D eigenvalue weighted by Crippen LogP contribution is 2.42. The number of aliphatic hydroxyl groups excluding tert-OH is 1. The molecule has 8 heteroatoms. The van der Waals surface area contributed by atoms with Gasteiger partial charge in [0.05, 0.1) is 13.2 Å². The van der Waals surface area contributed by atoms with Gasteiger partial charge in [-0.2, -0.15) is 8.78 Å². The molecule has 0 saturated heterocycles. The minimum atomic E-state index is -3.43. The van der Waals surface area contributed by atoms with Crippen molar-refractivity contribution in [2.45, 2.75) is 32.6 Å². The van der Waals surface area contributed by atoms with E-state index >= 15 is 0 Å². The van der Waals surface area contributed by atoms with Gasteiger partial charge in [-0.1, -0.05) is 6.58 Å². The normalized spacial score (nSPS) is 12.9. The van der Waals surface area contributed by atoms with Gasteiger partial charge in [0.2, 0.25) is 5.91 Å². The molecular weight excluding hydrogens is 387 g/mol. The van der Waals surface area contributed by atoms with Gasteiger partial charge in [0.15, 0.2) is 0 Å². The van der Waals surface area contributed by atoms with Crippen LogP contribution in [0.4, 0.5) is 13.2 Å². The van der Waals surface area contributed by atoms with Gasteiger partial charge in [-0.05, 0) is 35.4 Å². The Morgan fingerprint density at radius 1 is 1.38 bits per heavy atom. The van der Waals surface area contributed by atoms with E-state index in [1.165, 1.54) is 12.1 Å². The van der Waals surface area contributed by atoms with Crippen LogP contribution in [-0.4, -0.2) is 23.7 Å². The summed E-state index contributed by atoms with van der Waals surface area (Å²) in [6.07, 6.45) is -1.79. The first-order valence-electron chi connectivity index (χ1n) is 8.91. The Morgan fingerprint density at radius 3 is 2.76 bits per heavy atom. The van der Waals surface area contributed by atoms with Gasteiger partial charge in [-0.15, -0.1) is 0 Å². The molecule has 1 amide bonds. The van der Waals surface area contributed by atoms with Crippen LogP contribution in [0.15, 0.2) is 36.9 Å². The number of carbonyl (C=O) groups excluding carboxylic acids is 1. The van der Waals surface area contributed by atoms with E-state index in [1.54, 1.807) is 6.07 Å². The van der Waals surface area contributed by atoms with E-state index < -0.39 is 11.9 Å². The molecule has 3 rings (SSSR count). The predicted octanol–water partition coefficient (Wildman–Crippen LogP) is 3.71. The summed E-state index contributed by atoms with van der Waals surface area (Å²) < 4.78 is 50.9. The maximum atomic E-state index is 14.7. The molecule has 1 heterocycles. The molecule has 0 fully saturated rings. The standard InChI is InChI=1S/C21H20F3NO4/c1-3-19(27)25-10-12-8-16(20-15(6-7-28-20)17(12)11-26)14-5-4-13(9-18(14)22)29-21(2,23)24/h3-5,8-9,26H,1,6-7,10-11H2,2H3,(H,25,27). The highest BCUT2D eigenvalue weighted by atomic mass is 19.3. The lowest BCUT2D eigenvalue weighted by Crippen LogP contribution is -2.21. The quantitative estimate of drug-likeness (QED) is 0.687. The number of hydrogen-bond donors (Lipinski definition) is 2. The van der Waals surface area contributed by atoms with Crippen LogP contribution < -0.4 is 14.8 Å². The zero-order chi connectivity index (χ0) is 21.2. The molecule has 0 atom stereocenters. The Hall–Kier alpha value is -3.00. The third kappa shape index (κ3) is 4.54. The molecule has 154 valence electrons. The van der Waals surface area contributed by atoms with Crippen LogP contribution >= 0.6 is 0 Å².